The van der Waals surface area contributed by atoms with Crippen molar-refractivity contribution in [3.8, 4) is 5.75 Å². The van der Waals surface area contributed by atoms with E-state index in [9.17, 15) is 4.79 Å². The molecule has 0 saturated heterocycles. The Kier molecular flexibility index (Phi) is 10.8. The molecule has 0 radical (unpaired) electrons. The van der Waals surface area contributed by atoms with Crippen molar-refractivity contribution in [2.45, 2.75) is 40.0 Å². The quantitative estimate of drug-likeness (QED) is 0.200. The van der Waals surface area contributed by atoms with Gasteiger partial charge in [0.25, 0.3) is 0 Å². The minimum absolute atomic E-state index is 0. The van der Waals surface area contributed by atoms with Gasteiger partial charge in [0.05, 0.1) is 20.1 Å². The second-order valence-electron chi connectivity index (χ2n) is 9.26. The zero-order chi connectivity index (χ0) is 23.8. The highest BCUT2D eigenvalue weighted by Gasteiger charge is 2.21. The van der Waals surface area contributed by atoms with Crippen LogP contribution in [-0.4, -0.2) is 43.6 Å². The predicted octanol–water partition coefficient (Wildman–Crippen LogP) is 3.58. The van der Waals surface area contributed by atoms with Gasteiger partial charge in [-0.15, -0.1) is 0 Å². The van der Waals surface area contributed by atoms with Gasteiger partial charge in [0, 0.05) is 17.9 Å². The van der Waals surface area contributed by atoms with Crippen LogP contribution >= 0.6 is 0 Å². The summed E-state index contributed by atoms with van der Waals surface area (Å²) in [5, 5.41) is 0. The van der Waals surface area contributed by atoms with Crippen molar-refractivity contribution in [3.63, 3.8) is 0 Å². The molecule has 3 aromatic carbocycles. The van der Waals surface area contributed by atoms with Crippen LogP contribution in [0.25, 0.3) is 0 Å². The Balaban J connectivity index is 0.00000408. The van der Waals surface area contributed by atoms with E-state index in [-0.39, 0.29) is 35.7 Å². The summed E-state index contributed by atoms with van der Waals surface area (Å²) in [6, 6.07) is 24.6. The molecule has 0 aliphatic heterocycles. The number of carbonyl (C=O) groups is 1. The number of ketones is 1. The summed E-state index contributed by atoms with van der Waals surface area (Å²) in [6.45, 7) is 12.4. The molecular formula is C30H38INO2. The number of nitrogens with zero attached hydrogens (tertiary/aromatic N) is 1. The third-order valence-electron chi connectivity index (χ3n) is 6.98. The number of quaternary nitrogens is 1. The Labute approximate surface area is 222 Å². The van der Waals surface area contributed by atoms with Crippen molar-refractivity contribution in [2.75, 3.05) is 33.3 Å². The number of benzene rings is 3. The first kappa shape index (κ1) is 28.1. The van der Waals surface area contributed by atoms with E-state index in [4.69, 9.17) is 4.74 Å². The van der Waals surface area contributed by atoms with Crippen LogP contribution in [0.2, 0.25) is 0 Å². The zero-order valence-corrected chi connectivity index (χ0v) is 23.3. The van der Waals surface area contributed by atoms with Crippen molar-refractivity contribution in [1.82, 2.24) is 0 Å². The SMILES string of the molecule is CC[N+](C)(CC)CCOc1c(C)cc(C(=O)CC(c2ccccc2)c2ccccc2)cc1C.[I-]. The van der Waals surface area contributed by atoms with Gasteiger partial charge < -0.3 is 33.2 Å². The van der Waals surface area contributed by atoms with E-state index in [2.05, 4.69) is 45.2 Å². The number of likely N-dealkylation sites (N-methyl/N-ethyl adjacent to an activating group) is 1. The third-order valence-corrected chi connectivity index (χ3v) is 6.98. The van der Waals surface area contributed by atoms with Gasteiger partial charge in [-0.1, -0.05) is 60.7 Å². The van der Waals surface area contributed by atoms with E-state index < -0.39 is 0 Å². The lowest BCUT2D eigenvalue weighted by Crippen LogP contribution is -3.00. The first-order valence-corrected chi connectivity index (χ1v) is 12.1. The third kappa shape index (κ3) is 7.16. The number of Topliss-reactive ketones (excluding diaryl/α,β-unsaturated/α-hetero) is 1. The van der Waals surface area contributed by atoms with Crippen molar-refractivity contribution in [2.24, 2.45) is 0 Å². The zero-order valence-electron chi connectivity index (χ0n) is 21.2. The van der Waals surface area contributed by atoms with E-state index in [1.165, 1.54) is 11.1 Å². The topological polar surface area (TPSA) is 26.3 Å². The second-order valence-corrected chi connectivity index (χ2v) is 9.26. The van der Waals surface area contributed by atoms with Crippen molar-refractivity contribution in [1.29, 1.82) is 0 Å². The minimum Gasteiger partial charge on any atom is -1.00 e. The van der Waals surface area contributed by atoms with E-state index in [1.807, 2.05) is 62.4 Å². The van der Waals surface area contributed by atoms with Gasteiger partial charge in [-0.25, -0.2) is 0 Å². The van der Waals surface area contributed by atoms with Crippen LogP contribution in [0.15, 0.2) is 72.8 Å². The molecule has 0 saturated carbocycles. The highest BCUT2D eigenvalue weighted by Crippen LogP contribution is 2.31. The number of rotatable bonds is 11. The number of aryl methyl sites for hydroxylation is 2. The highest BCUT2D eigenvalue weighted by atomic mass is 127. The van der Waals surface area contributed by atoms with E-state index in [0.717, 1.165) is 46.6 Å². The fourth-order valence-electron chi connectivity index (χ4n) is 4.35. The molecule has 0 bridgehead atoms. The maximum atomic E-state index is 13.4. The highest BCUT2D eigenvalue weighted by molar-refractivity contribution is 5.97. The first-order valence-electron chi connectivity index (χ1n) is 12.1. The Bertz CT molecular complexity index is 983. The molecule has 34 heavy (non-hydrogen) atoms. The lowest BCUT2D eigenvalue weighted by molar-refractivity contribution is -0.906. The van der Waals surface area contributed by atoms with Gasteiger partial charge in [-0.05, 0) is 62.1 Å². The van der Waals surface area contributed by atoms with Crippen molar-refractivity contribution < 1.29 is 38.0 Å². The maximum Gasteiger partial charge on any atom is 0.163 e. The van der Waals surface area contributed by atoms with Gasteiger partial charge >= 0.3 is 0 Å². The Morgan fingerprint density at radius 1 is 0.853 bits per heavy atom. The Hall–Kier alpha value is -2.18. The van der Waals surface area contributed by atoms with Crippen LogP contribution in [0.3, 0.4) is 0 Å². The van der Waals surface area contributed by atoms with Crippen molar-refractivity contribution >= 4 is 5.78 Å². The second kappa shape index (κ2) is 13.1. The summed E-state index contributed by atoms with van der Waals surface area (Å²) in [5.74, 6) is 1.11. The van der Waals surface area contributed by atoms with Gasteiger partial charge in [0.15, 0.2) is 5.78 Å². The lowest BCUT2D eigenvalue weighted by Gasteiger charge is -2.32. The normalized spacial score (nSPS) is 11.2. The summed E-state index contributed by atoms with van der Waals surface area (Å²) in [6.07, 6.45) is 0.440. The molecule has 0 unspecified atom stereocenters. The molecular weight excluding hydrogens is 533 g/mol. The molecule has 0 aromatic heterocycles. The number of halogens is 1. The molecule has 3 rings (SSSR count). The summed E-state index contributed by atoms with van der Waals surface area (Å²) in [4.78, 5) is 13.4. The molecule has 0 heterocycles. The molecule has 4 heteroatoms. The standard InChI is InChI=1S/C30H38NO2.HI/c1-6-31(5,7-2)18-19-33-30-23(3)20-27(21-24(30)4)29(32)22-28(25-14-10-8-11-15-25)26-16-12-9-13-17-26;/h8-17,20-21,28H,6-7,18-19,22H2,1-5H3;1H/q+1;/p-1. The predicted molar refractivity (Wildman–Crippen MR) is 137 cm³/mol. The molecule has 182 valence electrons. The number of hydrogen-bond donors (Lipinski definition) is 0. The smallest absolute Gasteiger partial charge is 0.163 e. The van der Waals surface area contributed by atoms with Crippen LogP contribution < -0.4 is 28.7 Å². The van der Waals surface area contributed by atoms with Crippen LogP contribution in [-0.2, 0) is 0 Å². The Morgan fingerprint density at radius 2 is 1.32 bits per heavy atom. The summed E-state index contributed by atoms with van der Waals surface area (Å²) in [7, 11) is 2.26. The van der Waals surface area contributed by atoms with Crippen LogP contribution in [0.5, 0.6) is 5.75 Å². The molecule has 0 aliphatic rings. The summed E-state index contributed by atoms with van der Waals surface area (Å²) >= 11 is 0. The molecule has 0 aliphatic carbocycles. The molecule has 0 N–H and O–H groups in total. The summed E-state index contributed by atoms with van der Waals surface area (Å²) < 4.78 is 7.19. The molecule has 3 nitrogen and oxygen atoms in total. The van der Waals surface area contributed by atoms with Gasteiger partial charge in [-0.2, -0.15) is 0 Å². The number of hydrogen-bond acceptors (Lipinski definition) is 2. The molecule has 0 fully saturated rings. The Morgan fingerprint density at radius 3 is 1.76 bits per heavy atom. The fourth-order valence-corrected chi connectivity index (χ4v) is 4.35. The van der Waals surface area contributed by atoms with E-state index in [0.29, 0.717) is 13.0 Å². The molecule has 0 spiro atoms. The fraction of sp³-hybridized carbons (Fsp3) is 0.367. The van der Waals surface area contributed by atoms with E-state index >= 15 is 0 Å². The maximum absolute atomic E-state index is 13.4. The average Bonchev–Trinajstić information content (AvgIpc) is 2.84. The monoisotopic (exact) mass is 571 g/mol. The van der Waals surface area contributed by atoms with Gasteiger partial charge in [0.2, 0.25) is 0 Å². The van der Waals surface area contributed by atoms with Gasteiger partial charge in [0.1, 0.15) is 18.9 Å². The van der Waals surface area contributed by atoms with Crippen LogP contribution in [0.4, 0.5) is 0 Å². The minimum atomic E-state index is 0. The lowest BCUT2D eigenvalue weighted by atomic mass is 9.85. The largest absolute Gasteiger partial charge is 1.00 e. The molecule has 0 atom stereocenters. The van der Waals surface area contributed by atoms with Crippen molar-refractivity contribution in [3.05, 3.63) is 101 Å². The first-order chi connectivity index (χ1) is 15.9. The van der Waals surface area contributed by atoms with E-state index in [1.54, 1.807) is 0 Å². The number of ether oxygens (including phenoxy) is 1. The summed E-state index contributed by atoms with van der Waals surface area (Å²) in [5.41, 5.74) is 5.14. The molecule has 3 aromatic rings. The molecule has 0 amide bonds. The van der Waals surface area contributed by atoms with Gasteiger partial charge in [-0.3, -0.25) is 4.79 Å². The average molecular weight is 572 g/mol. The van der Waals surface area contributed by atoms with Crippen LogP contribution in [0, 0.1) is 13.8 Å². The number of carbonyl (C=O) groups excluding carboxylic acids is 1. The van der Waals surface area contributed by atoms with Crippen LogP contribution in [0.1, 0.15) is 58.8 Å².